The van der Waals surface area contributed by atoms with Crippen LogP contribution in [0.25, 0.3) is 0 Å². The van der Waals surface area contributed by atoms with E-state index in [9.17, 15) is 0 Å². The molecule has 3 nitrogen and oxygen atoms in total. The molecule has 1 aromatic heterocycles. The highest BCUT2D eigenvalue weighted by Gasteiger charge is 1.88. The third-order valence-electron chi connectivity index (χ3n) is 1.02. The van der Waals surface area contributed by atoms with Crippen molar-refractivity contribution < 1.29 is 0 Å². The van der Waals surface area contributed by atoms with Crippen molar-refractivity contribution in [2.45, 2.75) is 13.5 Å². The topological polar surface area (TPSA) is 51.8 Å². The van der Waals surface area contributed by atoms with E-state index in [1.807, 2.05) is 6.92 Å². The summed E-state index contributed by atoms with van der Waals surface area (Å²) in [5, 5.41) is 0. The van der Waals surface area contributed by atoms with Gasteiger partial charge in [-0.3, -0.25) is 0 Å². The molecule has 0 fully saturated rings. The van der Waals surface area contributed by atoms with Gasteiger partial charge < -0.3 is 5.73 Å². The molecule has 1 heterocycles. The molecule has 0 saturated heterocycles. The fraction of sp³-hybridized carbons (Fsp3) is 0.333. The van der Waals surface area contributed by atoms with Crippen molar-refractivity contribution in [3.63, 3.8) is 0 Å². The molecule has 0 aliphatic heterocycles. The first-order valence-corrected chi connectivity index (χ1v) is 2.80. The molecule has 1 rings (SSSR count). The predicted octanol–water partition coefficient (Wildman–Crippen LogP) is 0.244. The molecule has 0 amide bonds. The Kier molecular flexibility index (Phi) is 1.75. The molecule has 0 aromatic carbocycles. The molecule has 0 saturated carbocycles. The standard InChI is InChI=1S/C6H9N3/c1-5-3-8-6(2-7)9-4-5/h3-4H,2,7H2,1H3. The van der Waals surface area contributed by atoms with Gasteiger partial charge in [0.15, 0.2) is 0 Å². The van der Waals surface area contributed by atoms with Gasteiger partial charge in [-0.2, -0.15) is 0 Å². The zero-order chi connectivity index (χ0) is 6.69. The number of hydrogen-bond donors (Lipinski definition) is 1. The molecule has 0 spiro atoms. The molecule has 9 heavy (non-hydrogen) atoms. The average Bonchev–Trinajstić information content (AvgIpc) is 1.90. The van der Waals surface area contributed by atoms with E-state index in [4.69, 9.17) is 5.73 Å². The van der Waals surface area contributed by atoms with Crippen molar-refractivity contribution in [1.82, 2.24) is 9.97 Å². The van der Waals surface area contributed by atoms with Gasteiger partial charge in [-0.15, -0.1) is 0 Å². The largest absolute Gasteiger partial charge is 0.324 e. The summed E-state index contributed by atoms with van der Waals surface area (Å²) in [5.41, 5.74) is 6.34. The lowest BCUT2D eigenvalue weighted by Gasteiger charge is -1.92. The molecule has 0 aliphatic carbocycles. The maximum Gasteiger partial charge on any atom is 0.141 e. The molecule has 0 aliphatic rings. The van der Waals surface area contributed by atoms with Crippen molar-refractivity contribution in [2.75, 3.05) is 0 Å². The van der Waals surface area contributed by atoms with Crippen LogP contribution in [-0.4, -0.2) is 9.97 Å². The smallest absolute Gasteiger partial charge is 0.141 e. The van der Waals surface area contributed by atoms with E-state index in [1.54, 1.807) is 12.4 Å². The van der Waals surface area contributed by atoms with E-state index in [0.717, 1.165) is 5.56 Å². The van der Waals surface area contributed by atoms with Crippen LogP contribution in [0.4, 0.5) is 0 Å². The van der Waals surface area contributed by atoms with Crippen LogP contribution in [0.3, 0.4) is 0 Å². The summed E-state index contributed by atoms with van der Waals surface area (Å²) in [5.74, 6) is 0.695. The van der Waals surface area contributed by atoms with Crippen LogP contribution in [-0.2, 0) is 6.54 Å². The second-order valence-corrected chi connectivity index (χ2v) is 1.88. The minimum Gasteiger partial charge on any atom is -0.324 e. The number of aromatic nitrogens is 2. The van der Waals surface area contributed by atoms with Crippen molar-refractivity contribution in [3.05, 3.63) is 23.8 Å². The molecule has 0 atom stereocenters. The van der Waals surface area contributed by atoms with Crippen LogP contribution in [0, 0.1) is 6.92 Å². The van der Waals surface area contributed by atoms with Crippen molar-refractivity contribution in [3.8, 4) is 0 Å². The molecular formula is C6H9N3. The monoisotopic (exact) mass is 123 g/mol. The highest BCUT2D eigenvalue weighted by Crippen LogP contribution is 1.90. The highest BCUT2D eigenvalue weighted by molar-refractivity contribution is 5.01. The fourth-order valence-corrected chi connectivity index (χ4v) is 0.525. The average molecular weight is 123 g/mol. The Hall–Kier alpha value is -0.960. The first-order valence-electron chi connectivity index (χ1n) is 2.80. The molecule has 0 radical (unpaired) electrons. The minimum atomic E-state index is 0.417. The quantitative estimate of drug-likeness (QED) is 0.582. The van der Waals surface area contributed by atoms with Crippen molar-refractivity contribution in [2.24, 2.45) is 5.73 Å². The van der Waals surface area contributed by atoms with Gasteiger partial charge >= 0.3 is 0 Å². The molecular weight excluding hydrogens is 114 g/mol. The number of rotatable bonds is 1. The minimum absolute atomic E-state index is 0.417. The van der Waals surface area contributed by atoms with Crippen LogP contribution >= 0.6 is 0 Å². The summed E-state index contributed by atoms with van der Waals surface area (Å²) in [6.07, 6.45) is 3.52. The first kappa shape index (κ1) is 6.16. The predicted molar refractivity (Wildman–Crippen MR) is 34.7 cm³/mol. The normalized spacial score (nSPS) is 9.56. The van der Waals surface area contributed by atoms with Gasteiger partial charge in [-0.1, -0.05) is 0 Å². The number of hydrogen-bond acceptors (Lipinski definition) is 3. The Morgan fingerprint density at radius 2 is 2.00 bits per heavy atom. The summed E-state index contributed by atoms with van der Waals surface area (Å²) < 4.78 is 0. The Morgan fingerprint density at radius 3 is 2.44 bits per heavy atom. The number of nitrogens with two attached hydrogens (primary N) is 1. The number of aryl methyl sites for hydroxylation is 1. The second kappa shape index (κ2) is 2.55. The third kappa shape index (κ3) is 1.47. The SMILES string of the molecule is Cc1cnc(CN)nc1. The molecule has 0 bridgehead atoms. The zero-order valence-electron chi connectivity index (χ0n) is 5.33. The van der Waals surface area contributed by atoms with E-state index in [1.165, 1.54) is 0 Å². The molecule has 1 aromatic rings. The lowest BCUT2D eigenvalue weighted by atomic mass is 10.4. The Bertz CT molecular complexity index is 180. The lowest BCUT2D eigenvalue weighted by molar-refractivity contribution is 0.901. The number of nitrogens with zero attached hydrogens (tertiary/aromatic N) is 2. The lowest BCUT2D eigenvalue weighted by Crippen LogP contribution is -2.01. The summed E-state index contributed by atoms with van der Waals surface area (Å²) in [6, 6.07) is 0. The Labute approximate surface area is 53.9 Å². The van der Waals surface area contributed by atoms with Crippen molar-refractivity contribution in [1.29, 1.82) is 0 Å². The van der Waals surface area contributed by atoms with Gasteiger partial charge in [0, 0.05) is 12.4 Å². The third-order valence-corrected chi connectivity index (χ3v) is 1.02. The van der Waals surface area contributed by atoms with Crippen LogP contribution in [0.2, 0.25) is 0 Å². The summed E-state index contributed by atoms with van der Waals surface area (Å²) in [7, 11) is 0. The van der Waals surface area contributed by atoms with E-state index in [0.29, 0.717) is 12.4 Å². The zero-order valence-corrected chi connectivity index (χ0v) is 5.33. The molecule has 0 unspecified atom stereocenters. The maximum absolute atomic E-state index is 5.27. The fourth-order valence-electron chi connectivity index (χ4n) is 0.525. The van der Waals surface area contributed by atoms with Crippen LogP contribution in [0.5, 0.6) is 0 Å². The Balaban J connectivity index is 2.88. The maximum atomic E-state index is 5.27. The van der Waals surface area contributed by atoms with Gasteiger partial charge in [0.25, 0.3) is 0 Å². The van der Waals surface area contributed by atoms with Gasteiger partial charge in [0.2, 0.25) is 0 Å². The van der Waals surface area contributed by atoms with E-state index >= 15 is 0 Å². The van der Waals surface area contributed by atoms with Crippen molar-refractivity contribution >= 4 is 0 Å². The summed E-state index contributed by atoms with van der Waals surface area (Å²) in [6.45, 7) is 2.36. The second-order valence-electron chi connectivity index (χ2n) is 1.88. The summed E-state index contributed by atoms with van der Waals surface area (Å²) >= 11 is 0. The first-order chi connectivity index (χ1) is 4.33. The highest BCUT2D eigenvalue weighted by atomic mass is 14.9. The summed E-state index contributed by atoms with van der Waals surface area (Å²) in [4.78, 5) is 7.92. The van der Waals surface area contributed by atoms with E-state index < -0.39 is 0 Å². The molecule has 3 heteroatoms. The van der Waals surface area contributed by atoms with Gasteiger partial charge in [-0.05, 0) is 12.5 Å². The Morgan fingerprint density at radius 1 is 1.44 bits per heavy atom. The van der Waals surface area contributed by atoms with Gasteiger partial charge in [0.05, 0.1) is 6.54 Å². The van der Waals surface area contributed by atoms with E-state index in [-0.39, 0.29) is 0 Å². The van der Waals surface area contributed by atoms with Crippen LogP contribution in [0.1, 0.15) is 11.4 Å². The van der Waals surface area contributed by atoms with Gasteiger partial charge in [-0.25, -0.2) is 9.97 Å². The van der Waals surface area contributed by atoms with Crippen LogP contribution < -0.4 is 5.73 Å². The van der Waals surface area contributed by atoms with Gasteiger partial charge in [0.1, 0.15) is 5.82 Å². The van der Waals surface area contributed by atoms with Crippen LogP contribution in [0.15, 0.2) is 12.4 Å². The molecule has 2 N–H and O–H groups in total. The van der Waals surface area contributed by atoms with E-state index in [2.05, 4.69) is 9.97 Å². The molecule has 48 valence electrons.